The second-order valence-corrected chi connectivity index (χ2v) is 4.05. The fourth-order valence-electron chi connectivity index (χ4n) is 1.25. The fraction of sp³-hybridized carbons (Fsp3) is 0. The van der Waals surface area contributed by atoms with Crippen LogP contribution in [0.1, 0.15) is 0 Å². The Bertz CT molecular complexity index is 605. The molecule has 0 bridgehead atoms. The Morgan fingerprint density at radius 3 is 2.72 bits per heavy atom. The van der Waals surface area contributed by atoms with E-state index in [9.17, 15) is 10.1 Å². The van der Waals surface area contributed by atoms with Gasteiger partial charge in [-0.05, 0) is 22.0 Å². The highest BCUT2D eigenvalue weighted by Gasteiger charge is 2.20. The molecule has 2 N–H and O–H groups in total. The van der Waals surface area contributed by atoms with Crippen LogP contribution in [0.5, 0.6) is 11.6 Å². The Labute approximate surface area is 110 Å². The van der Waals surface area contributed by atoms with E-state index < -0.39 is 4.92 Å². The van der Waals surface area contributed by atoms with Crippen LogP contribution in [0.15, 0.2) is 35.1 Å². The highest BCUT2D eigenvalue weighted by molar-refractivity contribution is 9.10. The van der Waals surface area contributed by atoms with Crippen LogP contribution in [-0.2, 0) is 0 Å². The second kappa shape index (κ2) is 4.96. The van der Waals surface area contributed by atoms with E-state index in [-0.39, 0.29) is 23.1 Å². The first-order valence-corrected chi connectivity index (χ1v) is 5.56. The maximum atomic E-state index is 10.9. The van der Waals surface area contributed by atoms with Gasteiger partial charge in [-0.1, -0.05) is 6.07 Å². The third-order valence-corrected chi connectivity index (χ3v) is 2.66. The van der Waals surface area contributed by atoms with Crippen molar-refractivity contribution in [3.8, 4) is 11.6 Å². The number of rotatable bonds is 3. The predicted octanol–water partition coefficient (Wildman–Crippen LogP) is 2.52. The molecule has 2 rings (SSSR count). The van der Waals surface area contributed by atoms with Crippen molar-refractivity contribution in [1.82, 2.24) is 9.97 Å². The topological polar surface area (TPSA) is 104 Å². The van der Waals surface area contributed by atoms with E-state index in [1.807, 2.05) is 0 Å². The molecule has 7 nitrogen and oxygen atoms in total. The van der Waals surface area contributed by atoms with Crippen molar-refractivity contribution in [3.05, 3.63) is 45.2 Å². The normalized spacial score (nSPS) is 10.1. The number of nitrogens with two attached hydrogens (primary N) is 1. The van der Waals surface area contributed by atoms with Crippen LogP contribution >= 0.6 is 15.9 Å². The zero-order valence-electron chi connectivity index (χ0n) is 8.91. The van der Waals surface area contributed by atoms with Gasteiger partial charge in [-0.15, -0.1) is 0 Å². The Morgan fingerprint density at radius 2 is 2.06 bits per heavy atom. The van der Waals surface area contributed by atoms with Gasteiger partial charge in [0.25, 0.3) is 5.88 Å². The lowest BCUT2D eigenvalue weighted by atomic mass is 10.3. The lowest BCUT2D eigenvalue weighted by Crippen LogP contribution is -1.99. The average molecular weight is 311 g/mol. The SMILES string of the molecule is Nc1nccnc1Oc1c(Br)cccc1[N+](=O)[O-]. The average Bonchev–Trinajstić information content (AvgIpc) is 2.34. The number of nitro benzene ring substituents is 1. The van der Waals surface area contributed by atoms with Gasteiger partial charge in [0.1, 0.15) is 0 Å². The van der Waals surface area contributed by atoms with E-state index in [0.29, 0.717) is 4.47 Å². The number of nitrogens with zero attached hydrogens (tertiary/aromatic N) is 3. The molecule has 0 fully saturated rings. The number of halogens is 1. The molecule has 0 saturated carbocycles. The van der Waals surface area contributed by atoms with Gasteiger partial charge < -0.3 is 10.5 Å². The molecule has 0 saturated heterocycles. The molecule has 0 unspecified atom stereocenters. The number of para-hydroxylation sites is 1. The third-order valence-electron chi connectivity index (χ3n) is 2.03. The number of ether oxygens (including phenoxy) is 1. The maximum absolute atomic E-state index is 10.9. The summed E-state index contributed by atoms with van der Waals surface area (Å²) < 4.78 is 5.78. The molecular formula is C10H7BrN4O3. The number of nitrogen functional groups attached to an aromatic ring is 1. The first-order valence-electron chi connectivity index (χ1n) is 4.77. The Balaban J connectivity index is 2.46. The molecular weight excluding hydrogens is 304 g/mol. The predicted molar refractivity (Wildman–Crippen MR) is 67.3 cm³/mol. The molecule has 0 radical (unpaired) electrons. The maximum Gasteiger partial charge on any atom is 0.312 e. The largest absolute Gasteiger partial charge is 0.427 e. The number of hydrogen-bond acceptors (Lipinski definition) is 6. The summed E-state index contributed by atoms with van der Waals surface area (Å²) in [6.07, 6.45) is 2.78. The molecule has 0 aliphatic heterocycles. The summed E-state index contributed by atoms with van der Waals surface area (Å²) in [5.74, 6) is 0.116. The van der Waals surface area contributed by atoms with Gasteiger partial charge >= 0.3 is 5.69 Å². The summed E-state index contributed by atoms with van der Waals surface area (Å²) in [5, 5.41) is 10.9. The van der Waals surface area contributed by atoms with E-state index in [1.54, 1.807) is 6.07 Å². The van der Waals surface area contributed by atoms with Crippen LogP contribution in [0, 0.1) is 10.1 Å². The number of nitro groups is 1. The number of aromatic nitrogens is 2. The van der Waals surface area contributed by atoms with Gasteiger partial charge in [0.05, 0.1) is 9.40 Å². The van der Waals surface area contributed by atoms with E-state index >= 15 is 0 Å². The van der Waals surface area contributed by atoms with E-state index in [4.69, 9.17) is 10.5 Å². The minimum Gasteiger partial charge on any atom is -0.427 e. The van der Waals surface area contributed by atoms with E-state index in [2.05, 4.69) is 25.9 Å². The van der Waals surface area contributed by atoms with Crippen LogP contribution in [0.2, 0.25) is 0 Å². The number of hydrogen-bond donors (Lipinski definition) is 1. The fourth-order valence-corrected chi connectivity index (χ4v) is 1.69. The lowest BCUT2D eigenvalue weighted by molar-refractivity contribution is -0.385. The molecule has 0 spiro atoms. The van der Waals surface area contributed by atoms with Crippen molar-refractivity contribution in [2.24, 2.45) is 0 Å². The standard InChI is InChI=1S/C10H7BrN4O3/c11-6-2-1-3-7(15(16)17)8(6)18-10-9(12)13-4-5-14-10/h1-5H,(H2,12,13). The third kappa shape index (κ3) is 2.38. The summed E-state index contributed by atoms with van der Waals surface area (Å²) in [6.45, 7) is 0. The molecule has 1 aromatic heterocycles. The molecule has 0 aliphatic carbocycles. The van der Waals surface area contributed by atoms with Gasteiger partial charge in [0.15, 0.2) is 5.82 Å². The van der Waals surface area contributed by atoms with Crippen LogP contribution in [0.25, 0.3) is 0 Å². The number of benzene rings is 1. The summed E-state index contributed by atoms with van der Waals surface area (Å²) >= 11 is 3.18. The van der Waals surface area contributed by atoms with Crippen molar-refractivity contribution in [2.45, 2.75) is 0 Å². The summed E-state index contributed by atoms with van der Waals surface area (Å²) in [6, 6.07) is 4.48. The smallest absolute Gasteiger partial charge is 0.312 e. The highest BCUT2D eigenvalue weighted by atomic mass is 79.9. The van der Waals surface area contributed by atoms with Gasteiger partial charge in [-0.3, -0.25) is 10.1 Å². The Morgan fingerprint density at radius 1 is 1.33 bits per heavy atom. The molecule has 8 heteroatoms. The molecule has 0 atom stereocenters. The minimum absolute atomic E-state index is 0.0208. The van der Waals surface area contributed by atoms with Gasteiger partial charge in [-0.2, -0.15) is 0 Å². The molecule has 2 aromatic rings. The monoisotopic (exact) mass is 310 g/mol. The molecule has 92 valence electrons. The summed E-state index contributed by atoms with van der Waals surface area (Å²) in [5.41, 5.74) is 5.38. The Hall–Kier alpha value is -2.22. The zero-order chi connectivity index (χ0) is 13.1. The highest BCUT2D eigenvalue weighted by Crippen LogP contribution is 2.38. The molecule has 1 aromatic carbocycles. The molecule has 0 amide bonds. The zero-order valence-corrected chi connectivity index (χ0v) is 10.5. The quantitative estimate of drug-likeness (QED) is 0.690. The van der Waals surface area contributed by atoms with Crippen LogP contribution in [-0.4, -0.2) is 14.9 Å². The van der Waals surface area contributed by atoms with E-state index in [1.165, 1.54) is 24.5 Å². The Kier molecular flexibility index (Phi) is 3.38. The number of anilines is 1. The molecule has 0 aliphatic rings. The first-order chi connectivity index (χ1) is 8.59. The lowest BCUT2D eigenvalue weighted by Gasteiger charge is -2.07. The van der Waals surface area contributed by atoms with Crippen molar-refractivity contribution in [1.29, 1.82) is 0 Å². The minimum atomic E-state index is -0.549. The van der Waals surface area contributed by atoms with Gasteiger partial charge in [0.2, 0.25) is 5.75 Å². The molecule has 18 heavy (non-hydrogen) atoms. The van der Waals surface area contributed by atoms with Crippen molar-refractivity contribution in [2.75, 3.05) is 5.73 Å². The van der Waals surface area contributed by atoms with Gasteiger partial charge in [0, 0.05) is 18.5 Å². The van der Waals surface area contributed by atoms with Crippen LogP contribution < -0.4 is 10.5 Å². The summed E-state index contributed by atoms with van der Waals surface area (Å²) in [7, 11) is 0. The van der Waals surface area contributed by atoms with Crippen LogP contribution in [0.3, 0.4) is 0 Å². The second-order valence-electron chi connectivity index (χ2n) is 3.19. The van der Waals surface area contributed by atoms with Crippen molar-refractivity contribution < 1.29 is 9.66 Å². The van der Waals surface area contributed by atoms with Gasteiger partial charge in [-0.25, -0.2) is 9.97 Å². The summed E-state index contributed by atoms with van der Waals surface area (Å²) in [4.78, 5) is 18.0. The van der Waals surface area contributed by atoms with Crippen LogP contribution in [0.4, 0.5) is 11.5 Å². The van der Waals surface area contributed by atoms with Crippen molar-refractivity contribution in [3.63, 3.8) is 0 Å². The van der Waals surface area contributed by atoms with Crippen molar-refractivity contribution >= 4 is 27.4 Å². The molecule has 1 heterocycles. The van der Waals surface area contributed by atoms with E-state index in [0.717, 1.165) is 0 Å². The first kappa shape index (κ1) is 12.2.